The van der Waals surface area contributed by atoms with E-state index in [1.165, 1.54) is 5.56 Å². The van der Waals surface area contributed by atoms with E-state index in [1.807, 2.05) is 49.3 Å². The van der Waals surface area contributed by atoms with Crippen molar-refractivity contribution in [3.05, 3.63) is 59.8 Å². The van der Waals surface area contributed by atoms with E-state index in [1.54, 1.807) is 6.20 Å². The van der Waals surface area contributed by atoms with Gasteiger partial charge in [-0.1, -0.05) is 36.4 Å². The molecule has 0 aliphatic carbocycles. The summed E-state index contributed by atoms with van der Waals surface area (Å²) in [6.07, 6.45) is 2.71. The van der Waals surface area contributed by atoms with Crippen LogP contribution in [-0.4, -0.2) is 31.6 Å². The van der Waals surface area contributed by atoms with Crippen LogP contribution in [0.2, 0.25) is 0 Å². The van der Waals surface area contributed by atoms with Crippen LogP contribution in [0.4, 0.5) is 5.82 Å². The SMILES string of the molecule is CN(C)c1ncccc1CN=C(N)NCCc1ccccc1. The van der Waals surface area contributed by atoms with E-state index in [9.17, 15) is 0 Å². The molecular weight excluding hydrogens is 274 g/mol. The van der Waals surface area contributed by atoms with Crippen LogP contribution in [0.3, 0.4) is 0 Å². The van der Waals surface area contributed by atoms with Crippen LogP contribution in [0.25, 0.3) is 0 Å². The first-order valence-corrected chi connectivity index (χ1v) is 7.36. The van der Waals surface area contributed by atoms with Crippen molar-refractivity contribution >= 4 is 11.8 Å². The number of nitrogens with one attached hydrogen (secondary N) is 1. The molecule has 1 aromatic carbocycles. The number of aliphatic imine (C=N–C) groups is 1. The molecule has 0 radical (unpaired) electrons. The zero-order valence-corrected chi connectivity index (χ0v) is 13.2. The Bertz CT molecular complexity index is 607. The minimum atomic E-state index is 0.462. The van der Waals surface area contributed by atoms with E-state index in [4.69, 9.17) is 5.73 Å². The molecule has 0 saturated heterocycles. The number of rotatable bonds is 6. The second-order valence-corrected chi connectivity index (χ2v) is 5.24. The highest BCUT2D eigenvalue weighted by molar-refractivity contribution is 5.77. The fourth-order valence-corrected chi connectivity index (χ4v) is 2.16. The van der Waals surface area contributed by atoms with E-state index >= 15 is 0 Å². The fraction of sp³-hybridized carbons (Fsp3) is 0.294. The molecule has 0 spiro atoms. The first kappa shape index (κ1) is 15.8. The quantitative estimate of drug-likeness (QED) is 0.630. The highest BCUT2D eigenvalue weighted by Crippen LogP contribution is 2.14. The summed E-state index contributed by atoms with van der Waals surface area (Å²) in [5.41, 5.74) is 8.25. The van der Waals surface area contributed by atoms with Crippen LogP contribution >= 0.6 is 0 Å². The van der Waals surface area contributed by atoms with Gasteiger partial charge in [-0.15, -0.1) is 0 Å². The van der Waals surface area contributed by atoms with Gasteiger partial charge in [-0.05, 0) is 18.1 Å². The molecule has 1 heterocycles. The number of hydrogen-bond donors (Lipinski definition) is 2. The maximum absolute atomic E-state index is 5.92. The Kier molecular flexibility index (Phi) is 5.77. The molecule has 0 bridgehead atoms. The van der Waals surface area contributed by atoms with Crippen LogP contribution in [0, 0.1) is 0 Å². The predicted molar refractivity (Wildman–Crippen MR) is 92.0 cm³/mol. The van der Waals surface area contributed by atoms with Gasteiger partial charge in [0.05, 0.1) is 6.54 Å². The van der Waals surface area contributed by atoms with Crippen molar-refractivity contribution in [2.45, 2.75) is 13.0 Å². The number of nitrogens with two attached hydrogens (primary N) is 1. The van der Waals surface area contributed by atoms with Crippen molar-refractivity contribution in [3.63, 3.8) is 0 Å². The van der Waals surface area contributed by atoms with E-state index < -0.39 is 0 Å². The third-order valence-corrected chi connectivity index (χ3v) is 3.27. The topological polar surface area (TPSA) is 66.5 Å². The molecular formula is C17H23N5. The molecule has 0 saturated carbocycles. The Hall–Kier alpha value is -2.56. The molecule has 0 atom stereocenters. The molecule has 3 N–H and O–H groups in total. The number of pyridine rings is 1. The largest absolute Gasteiger partial charge is 0.370 e. The summed E-state index contributed by atoms with van der Waals surface area (Å²) in [5, 5.41) is 3.14. The van der Waals surface area contributed by atoms with Gasteiger partial charge in [-0.3, -0.25) is 0 Å². The zero-order chi connectivity index (χ0) is 15.8. The van der Waals surface area contributed by atoms with Crippen molar-refractivity contribution in [3.8, 4) is 0 Å². The van der Waals surface area contributed by atoms with Crippen molar-refractivity contribution in [1.82, 2.24) is 10.3 Å². The lowest BCUT2D eigenvalue weighted by molar-refractivity contribution is 0.846. The molecule has 0 aliphatic rings. The molecule has 2 aromatic rings. The highest BCUT2D eigenvalue weighted by Gasteiger charge is 2.04. The van der Waals surface area contributed by atoms with Gasteiger partial charge in [0, 0.05) is 32.4 Å². The number of aromatic nitrogens is 1. The predicted octanol–water partition coefficient (Wildman–Crippen LogP) is 1.79. The number of nitrogens with zero attached hydrogens (tertiary/aromatic N) is 3. The van der Waals surface area contributed by atoms with Crippen LogP contribution in [-0.2, 0) is 13.0 Å². The third-order valence-electron chi connectivity index (χ3n) is 3.27. The fourth-order valence-electron chi connectivity index (χ4n) is 2.16. The monoisotopic (exact) mass is 297 g/mol. The summed E-state index contributed by atoms with van der Waals surface area (Å²) in [6.45, 7) is 1.29. The molecule has 0 amide bonds. The average Bonchev–Trinajstić information content (AvgIpc) is 2.54. The van der Waals surface area contributed by atoms with Gasteiger partial charge >= 0.3 is 0 Å². The van der Waals surface area contributed by atoms with Gasteiger partial charge in [0.25, 0.3) is 0 Å². The molecule has 5 heteroatoms. The van der Waals surface area contributed by atoms with E-state index in [0.29, 0.717) is 12.5 Å². The second kappa shape index (κ2) is 8.02. The maximum atomic E-state index is 5.92. The molecule has 116 valence electrons. The van der Waals surface area contributed by atoms with Crippen LogP contribution < -0.4 is 16.0 Å². The minimum Gasteiger partial charge on any atom is -0.370 e. The normalized spacial score (nSPS) is 11.3. The molecule has 0 unspecified atom stereocenters. The Morgan fingerprint density at radius 1 is 1.18 bits per heavy atom. The van der Waals surface area contributed by atoms with Crippen LogP contribution in [0.15, 0.2) is 53.7 Å². The lowest BCUT2D eigenvalue weighted by Crippen LogP contribution is -2.33. The standard InChI is InChI=1S/C17H23N5/c1-22(2)16-15(9-6-11-19-16)13-21-17(18)20-12-10-14-7-4-3-5-8-14/h3-9,11H,10,12-13H2,1-2H3,(H3,18,20,21). The van der Waals surface area contributed by atoms with Crippen molar-refractivity contribution in [2.75, 3.05) is 25.5 Å². The maximum Gasteiger partial charge on any atom is 0.188 e. The van der Waals surface area contributed by atoms with E-state index in [2.05, 4.69) is 27.4 Å². The zero-order valence-electron chi connectivity index (χ0n) is 13.2. The molecule has 5 nitrogen and oxygen atoms in total. The second-order valence-electron chi connectivity index (χ2n) is 5.24. The van der Waals surface area contributed by atoms with Gasteiger partial charge in [0.2, 0.25) is 0 Å². The summed E-state index contributed by atoms with van der Waals surface area (Å²) in [4.78, 5) is 10.7. The molecule has 0 aliphatic heterocycles. The van der Waals surface area contributed by atoms with E-state index in [-0.39, 0.29) is 0 Å². The Morgan fingerprint density at radius 2 is 1.95 bits per heavy atom. The summed E-state index contributed by atoms with van der Waals surface area (Å²) >= 11 is 0. The highest BCUT2D eigenvalue weighted by atomic mass is 15.1. The number of benzene rings is 1. The van der Waals surface area contributed by atoms with E-state index in [0.717, 1.165) is 24.3 Å². The van der Waals surface area contributed by atoms with Gasteiger partial charge in [-0.2, -0.15) is 0 Å². The van der Waals surface area contributed by atoms with Crippen LogP contribution in [0.1, 0.15) is 11.1 Å². The van der Waals surface area contributed by atoms with Crippen molar-refractivity contribution in [1.29, 1.82) is 0 Å². The summed E-state index contributed by atoms with van der Waals surface area (Å²) in [5.74, 6) is 1.38. The van der Waals surface area contributed by atoms with Gasteiger partial charge in [0.15, 0.2) is 5.96 Å². The minimum absolute atomic E-state index is 0.462. The molecule has 2 rings (SSSR count). The molecule has 1 aromatic heterocycles. The number of guanidine groups is 1. The lowest BCUT2D eigenvalue weighted by Gasteiger charge is -2.14. The first-order chi connectivity index (χ1) is 10.7. The Labute approximate surface area is 131 Å². The average molecular weight is 297 g/mol. The Morgan fingerprint density at radius 3 is 2.68 bits per heavy atom. The lowest BCUT2D eigenvalue weighted by atomic mass is 10.1. The third kappa shape index (κ3) is 4.77. The van der Waals surface area contributed by atoms with Gasteiger partial charge in [-0.25, -0.2) is 9.98 Å². The van der Waals surface area contributed by atoms with Crippen molar-refractivity contribution in [2.24, 2.45) is 10.7 Å². The molecule has 22 heavy (non-hydrogen) atoms. The Balaban J connectivity index is 1.85. The summed E-state index contributed by atoms with van der Waals surface area (Å²) in [7, 11) is 3.94. The number of hydrogen-bond acceptors (Lipinski definition) is 3. The first-order valence-electron chi connectivity index (χ1n) is 7.36. The van der Waals surface area contributed by atoms with Crippen molar-refractivity contribution < 1.29 is 0 Å². The molecule has 0 fully saturated rings. The summed E-state index contributed by atoms with van der Waals surface area (Å²) < 4.78 is 0. The summed E-state index contributed by atoms with van der Waals surface area (Å²) in [6, 6.07) is 14.2. The van der Waals surface area contributed by atoms with Crippen LogP contribution in [0.5, 0.6) is 0 Å². The smallest absolute Gasteiger partial charge is 0.188 e. The number of anilines is 1. The van der Waals surface area contributed by atoms with Gasteiger partial charge in [0.1, 0.15) is 5.82 Å². The van der Waals surface area contributed by atoms with Gasteiger partial charge < -0.3 is 16.0 Å².